The number of halogens is 2. The Bertz CT molecular complexity index is 3000. The van der Waals surface area contributed by atoms with Gasteiger partial charge in [-0.1, -0.05) is 52.4 Å². The van der Waals surface area contributed by atoms with Gasteiger partial charge in [-0.15, -0.1) is 0 Å². The molecule has 2 heterocycles. The van der Waals surface area contributed by atoms with Gasteiger partial charge in [0.2, 0.25) is 0 Å². The molecule has 16 nitrogen and oxygen atoms in total. The van der Waals surface area contributed by atoms with Crippen molar-refractivity contribution in [3.05, 3.63) is 145 Å². The molecule has 6 aromatic carbocycles. The van der Waals surface area contributed by atoms with Crippen LogP contribution in [0.5, 0.6) is 23.0 Å². The second-order valence-electron chi connectivity index (χ2n) is 19.0. The van der Waals surface area contributed by atoms with E-state index in [2.05, 4.69) is 34.1 Å². The van der Waals surface area contributed by atoms with Crippen molar-refractivity contribution in [1.29, 1.82) is 0 Å². The van der Waals surface area contributed by atoms with Crippen LogP contribution in [0.25, 0.3) is 68.3 Å². The number of rotatable bonds is 26. The third-order valence-corrected chi connectivity index (χ3v) is 12.8. The lowest BCUT2D eigenvalue weighted by atomic mass is 10.1. The standard InChI is InChI=1S/C33H41N5O4.C27H25F2N3O2.C3H9NO/c1-4-5-6-7-22-42-28-16-17-29(30(41)23-28)33-35-31(24-8-12-26(13-9-24)37(2)18-20-39)34-32(36-33)25-10-14-27(15-11-25)38(3)19-21-40;1-2-3-4-5-16-34-22-14-15-23(24(33)17-22)27-31-25(18-6-10-20(28)11-7-18)30-26(32-27)19-8-12-21(29)13-9-19;1-4-2-3-5/h8-17,23,39-41H,4-7,18-22H2,1-3H3;6-15,17,33H,2-5,16H2,1H3;4-5H,2-3H2,1H3. The smallest absolute Gasteiger partial charge is 0.167 e. The highest BCUT2D eigenvalue weighted by Crippen LogP contribution is 2.35. The second-order valence-corrected chi connectivity index (χ2v) is 19.0. The molecule has 8 rings (SSSR count). The Labute approximate surface area is 473 Å². The number of aliphatic hydroxyl groups is 3. The molecule has 0 spiro atoms. The number of nitrogens with one attached hydrogen (secondary N) is 1. The monoisotopic (exact) mass is 1110 g/mol. The van der Waals surface area contributed by atoms with E-state index in [-0.39, 0.29) is 48.8 Å². The molecule has 0 aliphatic heterocycles. The fraction of sp³-hybridized carbons (Fsp3) is 0.333. The molecule has 0 saturated heterocycles. The first-order valence-corrected chi connectivity index (χ1v) is 27.4. The van der Waals surface area contributed by atoms with E-state index in [0.29, 0.717) is 95.7 Å². The van der Waals surface area contributed by atoms with Crippen molar-refractivity contribution in [2.45, 2.75) is 65.2 Å². The molecule has 81 heavy (non-hydrogen) atoms. The molecule has 6 N–H and O–H groups in total. The van der Waals surface area contributed by atoms with Crippen LogP contribution in [0, 0.1) is 11.6 Å². The zero-order valence-electron chi connectivity index (χ0n) is 46.9. The average Bonchev–Trinajstić information content (AvgIpc) is 3.55. The number of aliphatic hydroxyl groups excluding tert-OH is 3. The van der Waals surface area contributed by atoms with Crippen molar-refractivity contribution in [3.8, 4) is 91.3 Å². The van der Waals surface area contributed by atoms with E-state index in [1.54, 1.807) is 55.6 Å². The normalized spacial score (nSPS) is 10.8. The highest BCUT2D eigenvalue weighted by Gasteiger charge is 2.18. The van der Waals surface area contributed by atoms with Crippen molar-refractivity contribution < 1.29 is 43.8 Å². The predicted molar refractivity (Wildman–Crippen MR) is 317 cm³/mol. The largest absolute Gasteiger partial charge is 0.507 e. The quantitative estimate of drug-likeness (QED) is 0.0278. The van der Waals surface area contributed by atoms with Crippen molar-refractivity contribution in [1.82, 2.24) is 35.2 Å². The number of unbranched alkanes of at least 4 members (excludes halogenated alkanes) is 6. The Morgan fingerprint density at radius 1 is 0.432 bits per heavy atom. The summed E-state index contributed by atoms with van der Waals surface area (Å²) in [5.74, 6) is 2.56. The van der Waals surface area contributed by atoms with Gasteiger partial charge in [-0.05, 0) is 141 Å². The Morgan fingerprint density at radius 2 is 0.765 bits per heavy atom. The topological polar surface area (TPSA) is 215 Å². The Balaban J connectivity index is 0.000000245. The van der Waals surface area contributed by atoms with Crippen molar-refractivity contribution in [2.24, 2.45) is 0 Å². The molecule has 0 saturated carbocycles. The van der Waals surface area contributed by atoms with Crippen LogP contribution in [0.15, 0.2) is 133 Å². The summed E-state index contributed by atoms with van der Waals surface area (Å²) in [5, 5.41) is 51.0. The van der Waals surface area contributed by atoms with Crippen LogP contribution in [0.4, 0.5) is 20.2 Å². The van der Waals surface area contributed by atoms with E-state index in [0.717, 1.165) is 54.6 Å². The molecule has 18 heteroatoms. The van der Waals surface area contributed by atoms with E-state index in [4.69, 9.17) is 29.5 Å². The summed E-state index contributed by atoms with van der Waals surface area (Å²) in [6, 6.07) is 37.4. The molecular formula is C63H75F2N9O7. The summed E-state index contributed by atoms with van der Waals surface area (Å²) < 4.78 is 38.5. The van der Waals surface area contributed by atoms with Gasteiger partial charge in [0, 0.05) is 79.5 Å². The lowest BCUT2D eigenvalue weighted by Crippen LogP contribution is -2.20. The third-order valence-electron chi connectivity index (χ3n) is 12.8. The van der Waals surface area contributed by atoms with Gasteiger partial charge in [-0.2, -0.15) is 0 Å². The molecule has 428 valence electrons. The third kappa shape index (κ3) is 19.0. The van der Waals surface area contributed by atoms with Crippen LogP contribution < -0.4 is 24.6 Å². The maximum absolute atomic E-state index is 13.4. The van der Waals surface area contributed by atoms with Crippen molar-refractivity contribution in [3.63, 3.8) is 0 Å². The van der Waals surface area contributed by atoms with Gasteiger partial charge in [0.15, 0.2) is 34.9 Å². The highest BCUT2D eigenvalue weighted by molar-refractivity contribution is 5.73. The molecule has 0 amide bonds. The number of hydrogen-bond acceptors (Lipinski definition) is 16. The minimum Gasteiger partial charge on any atom is -0.507 e. The molecule has 0 aliphatic rings. The van der Waals surface area contributed by atoms with Gasteiger partial charge in [0.25, 0.3) is 0 Å². The molecule has 0 bridgehead atoms. The number of anilines is 2. The van der Waals surface area contributed by atoms with Crippen molar-refractivity contribution in [2.75, 3.05) is 83.6 Å². The average molecular weight is 1110 g/mol. The number of phenols is 2. The summed E-state index contributed by atoms with van der Waals surface area (Å²) in [5.41, 5.74) is 5.57. The van der Waals surface area contributed by atoms with Gasteiger partial charge in [0.1, 0.15) is 34.6 Å². The van der Waals surface area contributed by atoms with Gasteiger partial charge in [0.05, 0.1) is 44.2 Å². The molecule has 0 unspecified atom stereocenters. The first-order valence-electron chi connectivity index (χ1n) is 27.4. The lowest BCUT2D eigenvalue weighted by Gasteiger charge is -2.18. The SMILES string of the molecule is CCCCCCOc1ccc(-c2nc(-c3ccc(F)cc3)nc(-c3ccc(F)cc3)n2)c(O)c1.CCCCCCOc1ccc(-c2nc(-c3ccc(N(C)CCO)cc3)nc(-c3ccc(N(C)CCO)cc3)n2)c(O)c1.CNCCO. The summed E-state index contributed by atoms with van der Waals surface area (Å²) >= 11 is 0. The van der Waals surface area contributed by atoms with Gasteiger partial charge < -0.3 is 50.1 Å². The summed E-state index contributed by atoms with van der Waals surface area (Å²) in [6.07, 6.45) is 8.81. The van der Waals surface area contributed by atoms with Crippen LogP contribution >= 0.6 is 0 Å². The van der Waals surface area contributed by atoms with Gasteiger partial charge >= 0.3 is 0 Å². The number of hydrogen-bond donors (Lipinski definition) is 6. The Morgan fingerprint density at radius 3 is 1.05 bits per heavy atom. The predicted octanol–water partition coefficient (Wildman–Crippen LogP) is 11.4. The lowest BCUT2D eigenvalue weighted by molar-refractivity contribution is 0.296. The maximum Gasteiger partial charge on any atom is 0.167 e. The molecule has 0 radical (unpaired) electrons. The molecule has 2 aromatic heterocycles. The number of ether oxygens (including phenoxy) is 2. The first-order chi connectivity index (χ1) is 39.4. The molecule has 0 atom stereocenters. The van der Waals surface area contributed by atoms with E-state index >= 15 is 0 Å². The molecule has 0 aliphatic carbocycles. The number of likely N-dealkylation sites (N-methyl/N-ethyl adjacent to an activating group) is 3. The molecule has 0 fully saturated rings. The first kappa shape index (κ1) is 62.0. The van der Waals surface area contributed by atoms with Crippen LogP contribution in [0.3, 0.4) is 0 Å². The van der Waals surface area contributed by atoms with Crippen LogP contribution in [0.1, 0.15) is 65.2 Å². The van der Waals surface area contributed by atoms with Crippen LogP contribution in [-0.2, 0) is 0 Å². The minimum atomic E-state index is -0.375. The zero-order chi connectivity index (χ0) is 57.9. The highest BCUT2D eigenvalue weighted by atomic mass is 19.1. The summed E-state index contributed by atoms with van der Waals surface area (Å²) in [4.78, 5) is 31.8. The van der Waals surface area contributed by atoms with E-state index < -0.39 is 0 Å². The minimum absolute atomic E-state index is 0.0334. The zero-order valence-corrected chi connectivity index (χ0v) is 46.9. The van der Waals surface area contributed by atoms with Gasteiger partial charge in [-0.25, -0.2) is 38.7 Å². The van der Waals surface area contributed by atoms with E-state index in [9.17, 15) is 29.2 Å². The number of nitrogens with zero attached hydrogens (tertiary/aromatic N) is 8. The van der Waals surface area contributed by atoms with E-state index in [1.807, 2.05) is 78.5 Å². The Kier molecular flexibility index (Phi) is 25.1. The van der Waals surface area contributed by atoms with Crippen molar-refractivity contribution >= 4 is 11.4 Å². The van der Waals surface area contributed by atoms with Crippen LogP contribution in [0.2, 0.25) is 0 Å². The Hall–Kier alpha value is -8.16. The second kappa shape index (κ2) is 32.8. The fourth-order valence-corrected chi connectivity index (χ4v) is 8.13. The molecular weight excluding hydrogens is 1030 g/mol. The number of aromatic nitrogens is 6. The number of benzene rings is 6. The van der Waals surface area contributed by atoms with E-state index in [1.165, 1.54) is 49.6 Å². The maximum atomic E-state index is 13.4. The van der Waals surface area contributed by atoms with Crippen LogP contribution in [-0.4, -0.2) is 129 Å². The van der Waals surface area contributed by atoms with Gasteiger partial charge in [-0.3, -0.25) is 0 Å². The summed E-state index contributed by atoms with van der Waals surface area (Å²) in [7, 11) is 5.65. The number of phenolic OH excluding ortho intramolecular Hbond substituents is 2. The fourth-order valence-electron chi connectivity index (χ4n) is 8.13. The summed E-state index contributed by atoms with van der Waals surface area (Å²) in [6.45, 7) is 7.63. The molecule has 8 aromatic rings. The number of aromatic hydroxyl groups is 2.